The molecule has 0 saturated carbocycles. The number of rotatable bonds is 3. The van der Waals surface area contributed by atoms with E-state index in [0.29, 0.717) is 0 Å². The fourth-order valence-electron chi connectivity index (χ4n) is 1.20. The highest BCUT2D eigenvalue weighted by molar-refractivity contribution is 8.00. The molecule has 0 heterocycles. The Balaban J connectivity index is 2.68. The highest BCUT2D eigenvalue weighted by atomic mass is 32.2. The molecular formula is C12H16O2S. The van der Waals surface area contributed by atoms with Gasteiger partial charge in [-0.15, -0.1) is 11.8 Å². The molecule has 0 aromatic heterocycles. The Kier molecular flexibility index (Phi) is 3.80. The molecule has 0 amide bonds. The Morgan fingerprint density at radius 1 is 1.27 bits per heavy atom. The molecule has 1 aromatic carbocycles. The van der Waals surface area contributed by atoms with Crippen molar-refractivity contribution in [3.63, 3.8) is 0 Å². The van der Waals surface area contributed by atoms with E-state index >= 15 is 0 Å². The van der Waals surface area contributed by atoms with Crippen LogP contribution in [0.4, 0.5) is 0 Å². The molecule has 0 radical (unpaired) electrons. The minimum atomic E-state index is -0.786. The van der Waals surface area contributed by atoms with Crippen LogP contribution in [0, 0.1) is 0 Å². The molecule has 82 valence electrons. The summed E-state index contributed by atoms with van der Waals surface area (Å²) in [4.78, 5) is 11.7. The van der Waals surface area contributed by atoms with Crippen LogP contribution in [0.15, 0.2) is 29.2 Å². The van der Waals surface area contributed by atoms with Crippen LogP contribution in [0.5, 0.6) is 0 Å². The molecule has 2 nitrogen and oxygen atoms in total. The minimum absolute atomic E-state index is 0.0977. The Morgan fingerprint density at radius 2 is 1.80 bits per heavy atom. The lowest BCUT2D eigenvalue weighted by Gasteiger charge is -2.17. The van der Waals surface area contributed by atoms with Crippen LogP contribution in [0.25, 0.3) is 0 Å². The van der Waals surface area contributed by atoms with Crippen molar-refractivity contribution in [2.75, 3.05) is 0 Å². The third-order valence-corrected chi connectivity index (χ3v) is 2.82. The molecule has 0 aliphatic carbocycles. The number of hydrogen-bond acceptors (Lipinski definition) is 2. The first-order valence-corrected chi connectivity index (χ1v) is 5.68. The number of carbonyl (C=O) groups is 1. The summed E-state index contributed by atoms with van der Waals surface area (Å²) in [6.45, 7) is 6.47. The maximum atomic E-state index is 10.5. The molecule has 0 spiro atoms. The lowest BCUT2D eigenvalue weighted by atomic mass is 10.2. The Morgan fingerprint density at radius 3 is 2.20 bits per heavy atom. The van der Waals surface area contributed by atoms with Crippen molar-refractivity contribution >= 4 is 17.7 Å². The Labute approximate surface area is 94.7 Å². The predicted molar refractivity (Wildman–Crippen MR) is 63.4 cm³/mol. The highest BCUT2D eigenvalue weighted by Gasteiger charge is 2.11. The minimum Gasteiger partial charge on any atom is -0.481 e. The maximum Gasteiger partial charge on any atom is 0.307 e. The second-order valence-electron chi connectivity index (χ2n) is 4.43. The summed E-state index contributed by atoms with van der Waals surface area (Å²) in [5, 5.41) is 8.62. The van der Waals surface area contributed by atoms with Gasteiger partial charge in [-0.1, -0.05) is 32.9 Å². The third kappa shape index (κ3) is 4.88. The van der Waals surface area contributed by atoms with Gasteiger partial charge in [-0.3, -0.25) is 4.79 Å². The summed E-state index contributed by atoms with van der Waals surface area (Å²) < 4.78 is 0.189. The average Bonchev–Trinajstić information content (AvgIpc) is 2.05. The number of thioether (sulfide) groups is 1. The summed E-state index contributed by atoms with van der Waals surface area (Å²) in [6, 6.07) is 7.72. The summed E-state index contributed by atoms with van der Waals surface area (Å²) in [7, 11) is 0. The molecule has 15 heavy (non-hydrogen) atoms. The van der Waals surface area contributed by atoms with Crippen LogP contribution in [0.3, 0.4) is 0 Å². The first-order chi connectivity index (χ1) is 6.87. The van der Waals surface area contributed by atoms with Crippen molar-refractivity contribution in [3.05, 3.63) is 29.8 Å². The van der Waals surface area contributed by atoms with Gasteiger partial charge in [0.25, 0.3) is 0 Å². The number of carboxylic acid groups (broad SMARTS) is 1. The number of benzene rings is 1. The lowest BCUT2D eigenvalue weighted by molar-refractivity contribution is -0.136. The smallest absolute Gasteiger partial charge is 0.307 e. The van der Waals surface area contributed by atoms with Crippen LogP contribution >= 0.6 is 11.8 Å². The summed E-state index contributed by atoms with van der Waals surface area (Å²) in [6.07, 6.45) is 0.0977. The molecule has 1 aromatic rings. The van der Waals surface area contributed by atoms with Crippen LogP contribution in [0.2, 0.25) is 0 Å². The molecular weight excluding hydrogens is 208 g/mol. The molecule has 0 aliphatic heterocycles. The van der Waals surface area contributed by atoms with Crippen molar-refractivity contribution in [2.24, 2.45) is 0 Å². The van der Waals surface area contributed by atoms with Gasteiger partial charge < -0.3 is 5.11 Å². The van der Waals surface area contributed by atoms with Crippen molar-refractivity contribution in [1.82, 2.24) is 0 Å². The topological polar surface area (TPSA) is 37.3 Å². The van der Waals surface area contributed by atoms with Gasteiger partial charge in [-0.25, -0.2) is 0 Å². The van der Waals surface area contributed by atoms with Crippen LogP contribution in [-0.2, 0) is 11.2 Å². The number of hydrogen-bond donors (Lipinski definition) is 1. The largest absolute Gasteiger partial charge is 0.481 e. The first-order valence-electron chi connectivity index (χ1n) is 4.86. The molecule has 0 unspecified atom stereocenters. The van der Waals surface area contributed by atoms with Crippen molar-refractivity contribution in [2.45, 2.75) is 36.8 Å². The van der Waals surface area contributed by atoms with Crippen molar-refractivity contribution < 1.29 is 9.90 Å². The van der Waals surface area contributed by atoms with Gasteiger partial charge in [-0.05, 0) is 17.7 Å². The standard InChI is InChI=1S/C12H16O2S/c1-12(2,3)15-10-6-4-9(5-7-10)8-11(13)14/h4-7H,8H2,1-3H3,(H,13,14). The van der Waals surface area contributed by atoms with Gasteiger partial charge in [-0.2, -0.15) is 0 Å². The van der Waals surface area contributed by atoms with Gasteiger partial charge >= 0.3 is 5.97 Å². The Bertz CT molecular complexity index is 336. The fourth-order valence-corrected chi connectivity index (χ4v) is 2.18. The van der Waals surface area contributed by atoms with Crippen molar-refractivity contribution in [1.29, 1.82) is 0 Å². The molecule has 0 atom stereocenters. The second-order valence-corrected chi connectivity index (χ2v) is 6.33. The first kappa shape index (κ1) is 12.1. The lowest BCUT2D eigenvalue weighted by Crippen LogP contribution is -2.06. The molecule has 0 fully saturated rings. The van der Waals surface area contributed by atoms with Gasteiger partial charge in [0.05, 0.1) is 6.42 Å². The van der Waals surface area contributed by atoms with E-state index in [1.165, 1.54) is 4.90 Å². The second kappa shape index (κ2) is 4.71. The SMILES string of the molecule is CC(C)(C)Sc1ccc(CC(=O)O)cc1. The van der Waals surface area contributed by atoms with E-state index in [0.717, 1.165) is 5.56 Å². The van der Waals surface area contributed by atoms with E-state index in [9.17, 15) is 4.79 Å². The molecule has 0 aliphatic rings. The summed E-state index contributed by atoms with van der Waals surface area (Å²) in [5.74, 6) is -0.786. The van der Waals surface area contributed by atoms with Gasteiger partial charge in [0.2, 0.25) is 0 Å². The van der Waals surface area contributed by atoms with E-state index in [-0.39, 0.29) is 11.2 Å². The molecule has 0 bridgehead atoms. The van der Waals surface area contributed by atoms with Gasteiger partial charge in [0, 0.05) is 9.64 Å². The van der Waals surface area contributed by atoms with E-state index in [1.807, 2.05) is 24.3 Å². The summed E-state index contributed by atoms with van der Waals surface area (Å²) in [5.41, 5.74) is 0.848. The maximum absolute atomic E-state index is 10.5. The van der Waals surface area contributed by atoms with Crippen LogP contribution < -0.4 is 0 Å². The van der Waals surface area contributed by atoms with Crippen LogP contribution in [-0.4, -0.2) is 15.8 Å². The normalized spacial score (nSPS) is 11.4. The van der Waals surface area contributed by atoms with Crippen molar-refractivity contribution in [3.8, 4) is 0 Å². The number of carboxylic acids is 1. The van der Waals surface area contributed by atoms with E-state index in [1.54, 1.807) is 11.8 Å². The van der Waals surface area contributed by atoms with Gasteiger partial charge in [0.1, 0.15) is 0 Å². The van der Waals surface area contributed by atoms with Crippen LogP contribution in [0.1, 0.15) is 26.3 Å². The summed E-state index contributed by atoms with van der Waals surface area (Å²) >= 11 is 1.78. The Hall–Kier alpha value is -0.960. The van der Waals surface area contributed by atoms with E-state index in [4.69, 9.17) is 5.11 Å². The zero-order valence-corrected chi connectivity index (χ0v) is 10.1. The fraction of sp³-hybridized carbons (Fsp3) is 0.417. The van der Waals surface area contributed by atoms with E-state index in [2.05, 4.69) is 20.8 Å². The zero-order chi connectivity index (χ0) is 11.5. The third-order valence-electron chi connectivity index (χ3n) is 1.70. The molecule has 0 saturated heterocycles. The quantitative estimate of drug-likeness (QED) is 0.801. The zero-order valence-electron chi connectivity index (χ0n) is 9.28. The van der Waals surface area contributed by atoms with E-state index < -0.39 is 5.97 Å². The average molecular weight is 224 g/mol. The molecule has 3 heteroatoms. The van der Waals surface area contributed by atoms with Gasteiger partial charge in [0.15, 0.2) is 0 Å². The predicted octanol–water partition coefficient (Wildman–Crippen LogP) is 3.20. The number of aliphatic carboxylic acids is 1. The molecule has 1 rings (SSSR count). The monoisotopic (exact) mass is 224 g/mol. The molecule has 1 N–H and O–H groups in total. The highest BCUT2D eigenvalue weighted by Crippen LogP contribution is 2.31.